The second-order valence-corrected chi connectivity index (χ2v) is 5.72. The first-order valence-electron chi connectivity index (χ1n) is 6.07. The molecule has 0 amide bonds. The first-order valence-corrected chi connectivity index (χ1v) is 6.89. The molecule has 0 atom stereocenters. The van der Waals surface area contributed by atoms with Crippen LogP contribution in [0.4, 0.5) is 10.2 Å². The van der Waals surface area contributed by atoms with E-state index in [1.54, 1.807) is 24.0 Å². The molecule has 0 aliphatic rings. The van der Waals surface area contributed by atoms with Gasteiger partial charge in [0.2, 0.25) is 0 Å². The average molecular weight is 288 g/mol. The zero-order chi connectivity index (χ0) is 14.3. The van der Waals surface area contributed by atoms with Gasteiger partial charge in [-0.3, -0.25) is 4.68 Å². The van der Waals surface area contributed by atoms with E-state index < -0.39 is 0 Å². The van der Waals surface area contributed by atoms with Crippen LogP contribution in [-0.4, -0.2) is 14.8 Å². The fourth-order valence-electron chi connectivity index (χ4n) is 2.11. The van der Waals surface area contributed by atoms with E-state index in [-0.39, 0.29) is 5.82 Å². The predicted molar refractivity (Wildman–Crippen MR) is 78.9 cm³/mol. The van der Waals surface area contributed by atoms with Crippen LogP contribution in [0.25, 0.3) is 21.7 Å². The number of hydrogen-bond acceptors (Lipinski definition) is 4. The van der Waals surface area contributed by atoms with E-state index >= 15 is 0 Å². The second kappa shape index (κ2) is 4.72. The molecule has 0 bridgehead atoms. The van der Waals surface area contributed by atoms with E-state index in [1.165, 1.54) is 23.5 Å². The fraction of sp³-hybridized carbons (Fsp3) is 0.143. The molecule has 0 unspecified atom stereocenters. The third kappa shape index (κ3) is 2.08. The van der Waals surface area contributed by atoms with Crippen molar-refractivity contribution >= 4 is 17.2 Å². The summed E-state index contributed by atoms with van der Waals surface area (Å²) in [6.45, 7) is 1.93. The zero-order valence-electron chi connectivity index (χ0n) is 11.1. The van der Waals surface area contributed by atoms with E-state index in [4.69, 9.17) is 5.73 Å². The topological polar surface area (TPSA) is 56.7 Å². The number of anilines is 1. The first-order chi connectivity index (χ1) is 9.56. The van der Waals surface area contributed by atoms with Crippen molar-refractivity contribution in [2.75, 3.05) is 5.73 Å². The van der Waals surface area contributed by atoms with Gasteiger partial charge in [-0.15, -0.1) is 11.3 Å². The lowest BCUT2D eigenvalue weighted by Crippen LogP contribution is -1.98. The molecule has 0 fully saturated rings. The van der Waals surface area contributed by atoms with Gasteiger partial charge < -0.3 is 5.73 Å². The Bertz CT molecular complexity index is 775. The van der Waals surface area contributed by atoms with Gasteiger partial charge in [0.05, 0.1) is 15.4 Å². The molecule has 3 rings (SSSR count). The molecule has 4 nitrogen and oxygen atoms in total. The van der Waals surface area contributed by atoms with Crippen LogP contribution in [-0.2, 0) is 7.05 Å². The minimum absolute atomic E-state index is 0.294. The van der Waals surface area contributed by atoms with Crippen molar-refractivity contribution in [3.05, 3.63) is 41.3 Å². The summed E-state index contributed by atoms with van der Waals surface area (Å²) in [7, 11) is 1.77. The Hall–Kier alpha value is -2.21. The van der Waals surface area contributed by atoms with Crippen LogP contribution in [0.3, 0.4) is 0 Å². The van der Waals surface area contributed by atoms with Crippen LogP contribution >= 0.6 is 11.3 Å². The molecule has 2 N–H and O–H groups in total. The minimum atomic E-state index is -0.294. The summed E-state index contributed by atoms with van der Waals surface area (Å²) >= 11 is 1.54. The molecule has 0 aliphatic heterocycles. The Balaban J connectivity index is 2.24. The molecule has 3 aromatic rings. The maximum atomic E-state index is 13.5. The van der Waals surface area contributed by atoms with Crippen LogP contribution < -0.4 is 5.73 Å². The number of hydrogen-bond donors (Lipinski definition) is 1. The molecule has 0 saturated heterocycles. The quantitative estimate of drug-likeness (QED) is 0.787. The van der Waals surface area contributed by atoms with Gasteiger partial charge in [-0.1, -0.05) is 12.1 Å². The standard InChI is InChI=1S/C14H13FN4S/c1-8-17-7-11(20-8)13-12(14(16)19(2)18-13)9-4-3-5-10(15)6-9/h3-7H,16H2,1-2H3. The van der Waals surface area contributed by atoms with Crippen molar-refractivity contribution in [2.24, 2.45) is 7.05 Å². The summed E-state index contributed by atoms with van der Waals surface area (Å²) in [6, 6.07) is 6.37. The fourth-order valence-corrected chi connectivity index (χ4v) is 2.88. The van der Waals surface area contributed by atoms with Crippen molar-refractivity contribution < 1.29 is 4.39 Å². The summed E-state index contributed by atoms with van der Waals surface area (Å²) in [6.07, 6.45) is 1.77. The van der Waals surface area contributed by atoms with Crippen LogP contribution in [0.5, 0.6) is 0 Å². The van der Waals surface area contributed by atoms with Gasteiger partial charge in [0.15, 0.2) is 0 Å². The van der Waals surface area contributed by atoms with Crippen LogP contribution in [0.15, 0.2) is 30.5 Å². The normalized spacial score (nSPS) is 10.9. The number of nitrogens with zero attached hydrogens (tertiary/aromatic N) is 3. The largest absolute Gasteiger partial charge is 0.383 e. The van der Waals surface area contributed by atoms with E-state index in [0.717, 1.165) is 26.7 Å². The predicted octanol–water partition coefficient (Wildman–Crippen LogP) is 3.24. The van der Waals surface area contributed by atoms with Gasteiger partial charge in [-0.05, 0) is 24.6 Å². The van der Waals surface area contributed by atoms with Gasteiger partial charge >= 0.3 is 0 Å². The van der Waals surface area contributed by atoms with E-state index in [9.17, 15) is 4.39 Å². The Morgan fingerprint density at radius 2 is 2.15 bits per heavy atom. The molecule has 1 aromatic carbocycles. The van der Waals surface area contributed by atoms with Crippen molar-refractivity contribution in [1.29, 1.82) is 0 Å². The van der Waals surface area contributed by atoms with Crippen LogP contribution in [0.2, 0.25) is 0 Å². The Labute approximate surface area is 119 Å². The van der Waals surface area contributed by atoms with Gasteiger partial charge in [-0.2, -0.15) is 5.10 Å². The number of benzene rings is 1. The first kappa shape index (κ1) is 12.8. The SMILES string of the molecule is Cc1ncc(-c2nn(C)c(N)c2-c2cccc(F)c2)s1. The zero-order valence-corrected chi connectivity index (χ0v) is 11.9. The van der Waals surface area contributed by atoms with Gasteiger partial charge in [0.1, 0.15) is 17.3 Å². The highest BCUT2D eigenvalue weighted by Crippen LogP contribution is 2.38. The molecule has 2 aromatic heterocycles. The van der Waals surface area contributed by atoms with Gasteiger partial charge in [0.25, 0.3) is 0 Å². The molecule has 0 radical (unpaired) electrons. The van der Waals surface area contributed by atoms with Crippen LogP contribution in [0.1, 0.15) is 5.01 Å². The number of rotatable bonds is 2. The van der Waals surface area contributed by atoms with Crippen molar-refractivity contribution in [1.82, 2.24) is 14.8 Å². The molecule has 102 valence electrons. The summed E-state index contributed by atoms with van der Waals surface area (Å²) < 4.78 is 15.1. The Morgan fingerprint density at radius 3 is 2.80 bits per heavy atom. The molecular formula is C14H13FN4S. The lowest BCUT2D eigenvalue weighted by Gasteiger charge is -2.03. The average Bonchev–Trinajstić information content (AvgIpc) is 2.95. The van der Waals surface area contributed by atoms with Crippen LogP contribution in [0, 0.1) is 12.7 Å². The molecule has 0 aliphatic carbocycles. The number of aryl methyl sites for hydroxylation is 2. The van der Waals surface area contributed by atoms with Crippen molar-refractivity contribution in [3.63, 3.8) is 0 Å². The summed E-state index contributed by atoms with van der Waals surface area (Å²) in [5.74, 6) is 0.217. The minimum Gasteiger partial charge on any atom is -0.383 e. The third-order valence-electron chi connectivity index (χ3n) is 3.06. The summed E-state index contributed by atoms with van der Waals surface area (Å²) in [4.78, 5) is 5.16. The van der Waals surface area contributed by atoms with Gasteiger partial charge in [0, 0.05) is 13.2 Å². The smallest absolute Gasteiger partial charge is 0.129 e. The monoisotopic (exact) mass is 288 g/mol. The lowest BCUT2D eigenvalue weighted by atomic mass is 10.0. The number of thiazole rings is 1. The van der Waals surface area contributed by atoms with Gasteiger partial charge in [-0.25, -0.2) is 9.37 Å². The summed E-state index contributed by atoms with van der Waals surface area (Å²) in [5, 5.41) is 5.39. The number of halogens is 1. The molecule has 6 heteroatoms. The molecule has 20 heavy (non-hydrogen) atoms. The highest BCUT2D eigenvalue weighted by molar-refractivity contribution is 7.15. The molecular weight excluding hydrogens is 275 g/mol. The second-order valence-electron chi connectivity index (χ2n) is 4.49. The van der Waals surface area contributed by atoms with E-state index in [2.05, 4.69) is 10.1 Å². The third-order valence-corrected chi connectivity index (χ3v) is 3.98. The summed E-state index contributed by atoms with van der Waals surface area (Å²) in [5.41, 5.74) is 8.29. The Morgan fingerprint density at radius 1 is 1.35 bits per heavy atom. The van der Waals surface area contributed by atoms with Crippen molar-refractivity contribution in [2.45, 2.75) is 6.92 Å². The molecule has 2 heterocycles. The maximum absolute atomic E-state index is 13.5. The maximum Gasteiger partial charge on any atom is 0.129 e. The highest BCUT2D eigenvalue weighted by atomic mass is 32.1. The van der Waals surface area contributed by atoms with Crippen molar-refractivity contribution in [3.8, 4) is 21.7 Å². The number of nitrogens with two attached hydrogens (primary N) is 1. The van der Waals surface area contributed by atoms with E-state index in [0.29, 0.717) is 5.82 Å². The van der Waals surface area contributed by atoms with E-state index in [1.807, 2.05) is 13.0 Å². The number of aromatic nitrogens is 3. The lowest BCUT2D eigenvalue weighted by molar-refractivity contribution is 0.628. The Kier molecular flexibility index (Phi) is 3.02. The number of nitrogen functional groups attached to an aromatic ring is 1. The molecule has 0 spiro atoms. The highest BCUT2D eigenvalue weighted by Gasteiger charge is 2.19. The molecule has 0 saturated carbocycles.